The molecule has 1 aromatic heterocycles. The number of carbonyl (C=O) groups excluding carboxylic acids is 1. The van der Waals surface area contributed by atoms with Gasteiger partial charge in [-0.15, -0.1) is 0 Å². The lowest BCUT2D eigenvalue weighted by molar-refractivity contribution is -0.130. The first-order chi connectivity index (χ1) is 18.4. The molecule has 8 nitrogen and oxygen atoms in total. The molecule has 1 atom stereocenters. The van der Waals surface area contributed by atoms with Gasteiger partial charge in [0.05, 0.1) is 38.6 Å². The van der Waals surface area contributed by atoms with Crippen molar-refractivity contribution in [3.8, 4) is 28.4 Å². The summed E-state index contributed by atoms with van der Waals surface area (Å²) in [6, 6.07) is 18.0. The van der Waals surface area contributed by atoms with E-state index in [0.717, 1.165) is 22.1 Å². The molecular weight excluding hydrogens is 506 g/mol. The lowest BCUT2D eigenvalue weighted by atomic mass is 9.91. The van der Waals surface area contributed by atoms with Crippen molar-refractivity contribution in [2.45, 2.75) is 19.4 Å². The maximum absolute atomic E-state index is 13.6. The summed E-state index contributed by atoms with van der Waals surface area (Å²) in [7, 11) is 4.60. The SMILES string of the molecule is COc1cc(C2CC(c3c(-c4ccc(Cl)cc4)c4ccccc4[nH]c3=O)=NN2C(C)=O)cc(OC)c1OC. The van der Waals surface area contributed by atoms with E-state index in [4.69, 9.17) is 25.8 Å². The zero-order valence-electron chi connectivity index (χ0n) is 21.4. The highest BCUT2D eigenvalue weighted by atomic mass is 35.5. The number of pyridine rings is 1. The number of rotatable bonds is 6. The number of hydrazone groups is 1. The maximum Gasteiger partial charge on any atom is 0.258 e. The van der Waals surface area contributed by atoms with Crippen LogP contribution < -0.4 is 19.8 Å². The van der Waals surface area contributed by atoms with Gasteiger partial charge in [-0.3, -0.25) is 9.59 Å². The maximum atomic E-state index is 13.6. The van der Waals surface area contributed by atoms with E-state index in [1.165, 1.54) is 33.3 Å². The molecule has 38 heavy (non-hydrogen) atoms. The summed E-state index contributed by atoms with van der Waals surface area (Å²) < 4.78 is 16.5. The number of benzene rings is 3. The van der Waals surface area contributed by atoms with Gasteiger partial charge in [0.1, 0.15) is 0 Å². The summed E-state index contributed by atoms with van der Waals surface area (Å²) in [5.74, 6) is 1.11. The van der Waals surface area contributed by atoms with Gasteiger partial charge in [0.2, 0.25) is 11.7 Å². The number of amides is 1. The number of hydrogen-bond donors (Lipinski definition) is 1. The largest absolute Gasteiger partial charge is 0.493 e. The van der Waals surface area contributed by atoms with Crippen LogP contribution in [0.2, 0.25) is 5.02 Å². The molecule has 4 aromatic rings. The number of hydrogen-bond acceptors (Lipinski definition) is 6. The number of carbonyl (C=O) groups is 1. The number of aromatic nitrogens is 1. The monoisotopic (exact) mass is 531 g/mol. The number of para-hydroxylation sites is 1. The molecule has 1 aliphatic rings. The minimum atomic E-state index is -0.486. The molecule has 194 valence electrons. The van der Waals surface area contributed by atoms with Crippen LogP contribution in [0.4, 0.5) is 0 Å². The van der Waals surface area contributed by atoms with Crippen molar-refractivity contribution in [3.63, 3.8) is 0 Å². The van der Waals surface area contributed by atoms with Crippen molar-refractivity contribution in [2.75, 3.05) is 21.3 Å². The molecule has 0 saturated heterocycles. The second kappa shape index (κ2) is 10.2. The topological polar surface area (TPSA) is 93.2 Å². The Morgan fingerprint density at radius 2 is 1.63 bits per heavy atom. The van der Waals surface area contributed by atoms with Gasteiger partial charge in [-0.1, -0.05) is 41.9 Å². The Kier molecular flexibility index (Phi) is 6.82. The molecule has 1 N–H and O–H groups in total. The predicted molar refractivity (Wildman–Crippen MR) is 148 cm³/mol. The molecule has 1 unspecified atom stereocenters. The molecule has 0 bridgehead atoms. The molecule has 0 spiro atoms. The molecule has 0 saturated carbocycles. The fourth-order valence-corrected chi connectivity index (χ4v) is 5.07. The number of aromatic amines is 1. The standard InChI is InChI=1S/C29H26ClN3O5/c1-16(34)33-23(18-13-24(36-2)28(38-4)25(14-18)37-3)15-22(32-33)27-26(17-9-11-19(30)12-10-17)20-7-5-6-8-21(20)31-29(27)35/h5-14,23H,15H2,1-4H3,(H,31,35). The van der Waals surface area contributed by atoms with Crippen LogP contribution in [-0.2, 0) is 4.79 Å². The second-order valence-electron chi connectivity index (χ2n) is 8.85. The molecule has 5 rings (SSSR count). The van der Waals surface area contributed by atoms with Crippen molar-refractivity contribution in [1.82, 2.24) is 9.99 Å². The number of ether oxygens (including phenoxy) is 3. The lowest BCUT2D eigenvalue weighted by Crippen LogP contribution is -2.24. The predicted octanol–water partition coefficient (Wildman–Crippen LogP) is 5.57. The molecule has 3 aromatic carbocycles. The van der Waals surface area contributed by atoms with Crippen LogP contribution >= 0.6 is 11.6 Å². The van der Waals surface area contributed by atoms with E-state index >= 15 is 0 Å². The molecule has 0 radical (unpaired) electrons. The number of nitrogens with zero attached hydrogens (tertiary/aromatic N) is 2. The first-order valence-electron chi connectivity index (χ1n) is 11.9. The third-order valence-electron chi connectivity index (χ3n) is 6.65. The van der Waals surface area contributed by atoms with Gasteiger partial charge in [0.25, 0.3) is 5.56 Å². The number of methoxy groups -OCH3 is 3. The van der Waals surface area contributed by atoms with E-state index in [1.807, 2.05) is 36.4 Å². The van der Waals surface area contributed by atoms with Gasteiger partial charge in [-0.2, -0.15) is 5.10 Å². The Hall–Kier alpha value is -4.30. The minimum absolute atomic E-state index is 0.260. The van der Waals surface area contributed by atoms with E-state index in [1.54, 1.807) is 24.3 Å². The van der Waals surface area contributed by atoms with Crippen molar-refractivity contribution in [1.29, 1.82) is 0 Å². The highest BCUT2D eigenvalue weighted by Crippen LogP contribution is 2.43. The Morgan fingerprint density at radius 3 is 2.24 bits per heavy atom. The zero-order chi connectivity index (χ0) is 27.0. The Balaban J connectivity index is 1.70. The van der Waals surface area contributed by atoms with E-state index in [9.17, 15) is 9.59 Å². The van der Waals surface area contributed by atoms with Crippen molar-refractivity contribution >= 4 is 34.1 Å². The Bertz CT molecular complexity index is 1600. The number of halogens is 1. The summed E-state index contributed by atoms with van der Waals surface area (Å²) in [5, 5.41) is 7.53. The summed E-state index contributed by atoms with van der Waals surface area (Å²) in [4.78, 5) is 29.3. The quantitative estimate of drug-likeness (QED) is 0.351. The zero-order valence-corrected chi connectivity index (χ0v) is 22.1. The number of fused-ring (bicyclic) bond motifs is 1. The Morgan fingerprint density at radius 1 is 0.974 bits per heavy atom. The van der Waals surface area contributed by atoms with E-state index in [0.29, 0.717) is 45.5 Å². The van der Waals surface area contributed by atoms with Crippen LogP contribution in [-0.4, -0.2) is 42.9 Å². The second-order valence-corrected chi connectivity index (χ2v) is 9.28. The van der Waals surface area contributed by atoms with Crippen LogP contribution in [0.15, 0.2) is 70.6 Å². The first kappa shape index (κ1) is 25.4. The smallest absolute Gasteiger partial charge is 0.258 e. The molecule has 2 heterocycles. The third-order valence-corrected chi connectivity index (χ3v) is 6.90. The van der Waals surface area contributed by atoms with Gasteiger partial charge >= 0.3 is 0 Å². The molecule has 9 heteroatoms. The summed E-state index contributed by atoms with van der Waals surface area (Å²) >= 11 is 6.16. The normalized spacial score (nSPS) is 14.9. The number of nitrogens with one attached hydrogen (secondary N) is 1. The third kappa shape index (κ3) is 4.37. The van der Waals surface area contributed by atoms with Crippen LogP contribution in [0, 0.1) is 0 Å². The van der Waals surface area contributed by atoms with Crippen LogP contribution in [0.1, 0.15) is 30.5 Å². The van der Waals surface area contributed by atoms with Crippen LogP contribution in [0.3, 0.4) is 0 Å². The van der Waals surface area contributed by atoms with Crippen LogP contribution in [0.25, 0.3) is 22.0 Å². The number of H-pyrrole nitrogens is 1. The summed E-state index contributed by atoms with van der Waals surface area (Å²) in [6.45, 7) is 1.45. The van der Waals surface area contributed by atoms with E-state index in [2.05, 4.69) is 10.1 Å². The van der Waals surface area contributed by atoms with Gasteiger partial charge in [-0.05, 0) is 41.5 Å². The summed E-state index contributed by atoms with van der Waals surface area (Å²) in [5.41, 5.74) is 3.60. The average molecular weight is 532 g/mol. The average Bonchev–Trinajstić information content (AvgIpc) is 3.37. The lowest BCUT2D eigenvalue weighted by Gasteiger charge is -2.22. The minimum Gasteiger partial charge on any atom is -0.493 e. The molecular formula is C29H26ClN3O5. The van der Waals surface area contributed by atoms with Crippen molar-refractivity contribution in [3.05, 3.63) is 87.2 Å². The Labute approximate surface area is 224 Å². The van der Waals surface area contributed by atoms with Gasteiger partial charge in [-0.25, -0.2) is 5.01 Å². The molecule has 1 amide bonds. The van der Waals surface area contributed by atoms with E-state index in [-0.39, 0.29) is 11.5 Å². The van der Waals surface area contributed by atoms with Gasteiger partial charge < -0.3 is 19.2 Å². The van der Waals surface area contributed by atoms with Gasteiger partial charge in [0.15, 0.2) is 11.5 Å². The highest BCUT2D eigenvalue weighted by Gasteiger charge is 2.35. The van der Waals surface area contributed by atoms with Crippen molar-refractivity contribution < 1.29 is 19.0 Å². The molecule has 0 fully saturated rings. The fourth-order valence-electron chi connectivity index (χ4n) is 4.94. The van der Waals surface area contributed by atoms with Gasteiger partial charge in [0, 0.05) is 34.8 Å². The van der Waals surface area contributed by atoms with Crippen LogP contribution in [0.5, 0.6) is 17.2 Å². The highest BCUT2D eigenvalue weighted by molar-refractivity contribution is 6.30. The van der Waals surface area contributed by atoms with E-state index < -0.39 is 6.04 Å². The fraction of sp³-hybridized carbons (Fsp3) is 0.207. The van der Waals surface area contributed by atoms with Crippen molar-refractivity contribution in [2.24, 2.45) is 5.10 Å². The summed E-state index contributed by atoms with van der Waals surface area (Å²) in [6.07, 6.45) is 0.306. The molecule has 0 aliphatic carbocycles. The first-order valence-corrected chi connectivity index (χ1v) is 12.3. The molecule has 1 aliphatic heterocycles.